The summed E-state index contributed by atoms with van der Waals surface area (Å²) in [5, 5.41) is 9.53. The van der Waals surface area contributed by atoms with Gasteiger partial charge in [0.25, 0.3) is 0 Å². The molecule has 1 atom stereocenters. The van der Waals surface area contributed by atoms with Crippen LogP contribution in [0.15, 0.2) is 24.3 Å². The van der Waals surface area contributed by atoms with E-state index in [1.807, 2.05) is 18.2 Å². The van der Waals surface area contributed by atoms with E-state index >= 15 is 0 Å². The first-order valence-electron chi connectivity index (χ1n) is 6.93. The molecule has 0 radical (unpaired) electrons. The van der Waals surface area contributed by atoms with Crippen LogP contribution in [0.2, 0.25) is 0 Å². The maximum Gasteiger partial charge on any atom is 0.331 e. The van der Waals surface area contributed by atoms with E-state index in [0.29, 0.717) is 31.4 Å². The molecule has 0 spiro atoms. The number of carboxylic acids is 1. The number of nitrogens with zero attached hydrogens (tertiary/aromatic N) is 1. The summed E-state index contributed by atoms with van der Waals surface area (Å²) >= 11 is 0. The van der Waals surface area contributed by atoms with Gasteiger partial charge in [0.2, 0.25) is 5.91 Å². The minimum absolute atomic E-state index is 0.217. The molecule has 3 rings (SSSR count). The van der Waals surface area contributed by atoms with E-state index in [4.69, 9.17) is 5.73 Å². The van der Waals surface area contributed by atoms with Crippen LogP contribution in [0.4, 0.5) is 0 Å². The maximum absolute atomic E-state index is 12.6. The van der Waals surface area contributed by atoms with Gasteiger partial charge in [0.05, 0.1) is 5.54 Å². The number of aliphatic carboxylic acids is 1. The number of fused-ring (bicyclic) bond motifs is 1. The van der Waals surface area contributed by atoms with Crippen LogP contribution in [0.5, 0.6) is 0 Å². The molecule has 1 aliphatic heterocycles. The maximum atomic E-state index is 12.6. The van der Waals surface area contributed by atoms with Gasteiger partial charge in [0.15, 0.2) is 6.04 Å². The lowest BCUT2D eigenvalue weighted by Crippen LogP contribution is -2.61. The number of carboxylic acid groups (broad SMARTS) is 1. The third-order valence-corrected chi connectivity index (χ3v) is 4.45. The lowest BCUT2D eigenvalue weighted by atomic mass is 9.75. The zero-order chi connectivity index (χ0) is 14.3. The van der Waals surface area contributed by atoms with E-state index in [1.165, 1.54) is 4.90 Å². The van der Waals surface area contributed by atoms with Gasteiger partial charge in [-0.2, -0.15) is 0 Å². The largest absolute Gasteiger partial charge is 0.479 e. The molecule has 3 N–H and O–H groups in total. The smallest absolute Gasteiger partial charge is 0.331 e. The molecule has 1 aromatic carbocycles. The van der Waals surface area contributed by atoms with Crippen molar-refractivity contribution in [3.63, 3.8) is 0 Å². The van der Waals surface area contributed by atoms with E-state index < -0.39 is 17.6 Å². The van der Waals surface area contributed by atoms with Gasteiger partial charge in [-0.15, -0.1) is 0 Å². The van der Waals surface area contributed by atoms with Crippen LogP contribution in [-0.4, -0.2) is 34.0 Å². The van der Waals surface area contributed by atoms with Crippen molar-refractivity contribution in [3.05, 3.63) is 35.4 Å². The molecule has 1 aliphatic carbocycles. The summed E-state index contributed by atoms with van der Waals surface area (Å²) in [5.41, 5.74) is 6.94. The average Bonchev–Trinajstić information content (AvgIpc) is 2.42. The number of benzene rings is 1. The van der Waals surface area contributed by atoms with Gasteiger partial charge in [-0.1, -0.05) is 24.3 Å². The fourth-order valence-corrected chi connectivity index (χ4v) is 3.11. The molecule has 5 nitrogen and oxygen atoms in total. The summed E-state index contributed by atoms with van der Waals surface area (Å²) < 4.78 is 0. The summed E-state index contributed by atoms with van der Waals surface area (Å²) in [6.07, 6.45) is 2.92. The van der Waals surface area contributed by atoms with Crippen LogP contribution in [0, 0.1) is 0 Å². The van der Waals surface area contributed by atoms with Crippen molar-refractivity contribution in [2.75, 3.05) is 6.54 Å². The highest BCUT2D eigenvalue weighted by atomic mass is 16.4. The van der Waals surface area contributed by atoms with Gasteiger partial charge in [0.1, 0.15) is 0 Å². The highest BCUT2D eigenvalue weighted by molar-refractivity contribution is 5.91. The molecule has 1 fully saturated rings. The standard InChI is InChI=1S/C15H18N2O3/c16-15(7-3-8-15)14(20)17-9-6-10-4-1-2-5-11(10)12(17)13(18)19/h1-2,4-5,12H,3,6-9,16H2,(H,18,19). The Morgan fingerprint density at radius 2 is 2.00 bits per heavy atom. The number of rotatable bonds is 2. The summed E-state index contributed by atoms with van der Waals surface area (Å²) in [7, 11) is 0. The van der Waals surface area contributed by atoms with Gasteiger partial charge in [0, 0.05) is 6.54 Å². The Bertz CT molecular complexity index is 566. The second-order valence-corrected chi connectivity index (χ2v) is 5.70. The van der Waals surface area contributed by atoms with Crippen molar-refractivity contribution < 1.29 is 14.7 Å². The topological polar surface area (TPSA) is 83.6 Å². The molecular weight excluding hydrogens is 256 g/mol. The molecule has 1 amide bonds. The van der Waals surface area contributed by atoms with Crippen LogP contribution in [-0.2, 0) is 16.0 Å². The molecular formula is C15H18N2O3. The molecule has 20 heavy (non-hydrogen) atoms. The Kier molecular flexibility index (Phi) is 3.01. The fourth-order valence-electron chi connectivity index (χ4n) is 3.11. The summed E-state index contributed by atoms with van der Waals surface area (Å²) in [5.74, 6) is -1.21. The average molecular weight is 274 g/mol. The molecule has 106 valence electrons. The Labute approximate surface area is 117 Å². The quantitative estimate of drug-likeness (QED) is 0.845. The van der Waals surface area contributed by atoms with Crippen LogP contribution < -0.4 is 5.73 Å². The first kappa shape index (κ1) is 13.1. The molecule has 0 aromatic heterocycles. The zero-order valence-corrected chi connectivity index (χ0v) is 11.2. The highest BCUT2D eigenvalue weighted by Crippen LogP contribution is 2.36. The van der Waals surface area contributed by atoms with Crippen molar-refractivity contribution in [2.24, 2.45) is 5.73 Å². The predicted octanol–water partition coefficient (Wildman–Crippen LogP) is 1.08. The third kappa shape index (κ3) is 1.89. The predicted molar refractivity (Wildman–Crippen MR) is 73.0 cm³/mol. The number of nitrogens with two attached hydrogens (primary N) is 1. The molecule has 5 heteroatoms. The lowest BCUT2D eigenvalue weighted by molar-refractivity contribution is -0.155. The number of carbonyl (C=O) groups excluding carboxylic acids is 1. The van der Waals surface area contributed by atoms with Crippen LogP contribution in [0.1, 0.15) is 36.4 Å². The minimum Gasteiger partial charge on any atom is -0.479 e. The van der Waals surface area contributed by atoms with Gasteiger partial charge in [-0.25, -0.2) is 4.79 Å². The van der Waals surface area contributed by atoms with Crippen molar-refractivity contribution in [1.82, 2.24) is 4.90 Å². The van der Waals surface area contributed by atoms with Crippen molar-refractivity contribution >= 4 is 11.9 Å². The van der Waals surface area contributed by atoms with E-state index in [9.17, 15) is 14.7 Å². The Morgan fingerprint density at radius 1 is 1.30 bits per heavy atom. The van der Waals surface area contributed by atoms with E-state index in [1.54, 1.807) is 6.07 Å². The number of hydrogen-bond donors (Lipinski definition) is 2. The van der Waals surface area contributed by atoms with Gasteiger partial charge in [-0.05, 0) is 36.8 Å². The molecule has 0 bridgehead atoms. The minimum atomic E-state index is -0.992. The van der Waals surface area contributed by atoms with E-state index in [-0.39, 0.29) is 5.91 Å². The van der Waals surface area contributed by atoms with E-state index in [0.717, 1.165) is 12.0 Å². The van der Waals surface area contributed by atoms with Gasteiger partial charge in [-0.3, -0.25) is 4.79 Å². The van der Waals surface area contributed by atoms with Crippen LogP contribution in [0.25, 0.3) is 0 Å². The fraction of sp³-hybridized carbons (Fsp3) is 0.467. The number of hydrogen-bond acceptors (Lipinski definition) is 3. The Balaban J connectivity index is 1.96. The summed E-state index contributed by atoms with van der Waals surface area (Å²) in [6, 6.07) is 6.51. The first-order valence-corrected chi connectivity index (χ1v) is 6.93. The molecule has 1 heterocycles. The van der Waals surface area contributed by atoms with Crippen molar-refractivity contribution in [2.45, 2.75) is 37.3 Å². The summed E-state index contributed by atoms with van der Waals surface area (Å²) in [4.78, 5) is 25.6. The zero-order valence-electron chi connectivity index (χ0n) is 11.2. The molecule has 2 aliphatic rings. The Hall–Kier alpha value is -1.88. The second-order valence-electron chi connectivity index (χ2n) is 5.70. The molecule has 0 saturated heterocycles. The first-order chi connectivity index (χ1) is 9.53. The van der Waals surface area contributed by atoms with Crippen LogP contribution >= 0.6 is 0 Å². The van der Waals surface area contributed by atoms with E-state index in [2.05, 4.69) is 0 Å². The van der Waals surface area contributed by atoms with Gasteiger partial charge < -0.3 is 15.7 Å². The normalized spacial score (nSPS) is 23.6. The number of amides is 1. The third-order valence-electron chi connectivity index (χ3n) is 4.45. The summed E-state index contributed by atoms with van der Waals surface area (Å²) in [6.45, 7) is 0.422. The number of carbonyl (C=O) groups is 2. The van der Waals surface area contributed by atoms with Crippen molar-refractivity contribution in [1.29, 1.82) is 0 Å². The van der Waals surface area contributed by atoms with Gasteiger partial charge >= 0.3 is 5.97 Å². The highest BCUT2D eigenvalue weighted by Gasteiger charge is 2.47. The molecule has 1 saturated carbocycles. The second kappa shape index (κ2) is 4.59. The van der Waals surface area contributed by atoms with Crippen molar-refractivity contribution in [3.8, 4) is 0 Å². The molecule has 1 aromatic rings. The molecule has 1 unspecified atom stereocenters. The monoisotopic (exact) mass is 274 g/mol. The Morgan fingerprint density at radius 3 is 2.60 bits per heavy atom. The lowest BCUT2D eigenvalue weighted by Gasteiger charge is -2.44. The van der Waals surface area contributed by atoms with Crippen LogP contribution in [0.3, 0.4) is 0 Å². The SMILES string of the molecule is NC1(C(=O)N2CCc3ccccc3C2C(=O)O)CCC1.